The summed E-state index contributed by atoms with van der Waals surface area (Å²) in [4.78, 5) is 31.8. The van der Waals surface area contributed by atoms with E-state index in [-0.39, 0.29) is 17.2 Å². The molecule has 270 valence electrons. The number of nitrogens with one attached hydrogen (secondary N) is 2. The van der Waals surface area contributed by atoms with Crippen LogP contribution < -0.4 is 19.8 Å². The lowest BCUT2D eigenvalue weighted by molar-refractivity contribution is -0.119. The minimum Gasteiger partial charge on any atom is -0.370 e. The smallest absolute Gasteiger partial charge is 0.264 e. The summed E-state index contributed by atoms with van der Waals surface area (Å²) >= 11 is 0. The summed E-state index contributed by atoms with van der Waals surface area (Å²) in [5.41, 5.74) is 5.24. The Morgan fingerprint density at radius 1 is 0.717 bits per heavy atom. The molecule has 0 aliphatic heterocycles. The third kappa shape index (κ3) is 10.3. The van der Waals surface area contributed by atoms with E-state index in [1.165, 1.54) is 12.1 Å². The lowest BCUT2D eigenvalue weighted by atomic mass is 10.0. The van der Waals surface area contributed by atoms with E-state index in [1.807, 2.05) is 84.9 Å². The number of anilines is 2. The van der Waals surface area contributed by atoms with Crippen molar-refractivity contribution in [1.29, 1.82) is 0 Å². The predicted molar refractivity (Wildman–Crippen MR) is 214 cm³/mol. The van der Waals surface area contributed by atoms with Gasteiger partial charge >= 0.3 is 0 Å². The van der Waals surface area contributed by atoms with E-state index < -0.39 is 22.0 Å². The zero-order valence-corrected chi connectivity index (χ0v) is 30.5. The predicted octanol–water partition coefficient (Wildman–Crippen LogP) is 7.88. The molecule has 5 aromatic carbocycles. The molecule has 0 bridgehead atoms. The molecule has 2 N–H and O–H groups in total. The Balaban J connectivity index is 1.28. The Bertz CT molecular complexity index is 2090. The molecule has 9 heteroatoms. The largest absolute Gasteiger partial charge is 0.370 e. The van der Waals surface area contributed by atoms with E-state index in [0.717, 1.165) is 35.3 Å². The van der Waals surface area contributed by atoms with Gasteiger partial charge in [-0.05, 0) is 59.9 Å². The van der Waals surface area contributed by atoms with Gasteiger partial charge in [0.1, 0.15) is 0 Å². The average Bonchev–Trinajstić information content (AvgIpc) is 4.04. The SMILES string of the molecule is CN(c1ccc(C(=O)NC(CC(=O)NS(=O)(=O)c2ccccc2)c2ccccc2)cc1N(CC=Cc1ccccc1)CC=Cc1ccccc1)C1CC1. The Hall–Kier alpha value is -5.93. The molecule has 6 rings (SSSR count). The van der Waals surface area contributed by atoms with Crippen LogP contribution in [0.1, 0.15) is 52.4 Å². The number of nitrogens with zero attached hydrogens (tertiary/aromatic N) is 2. The lowest BCUT2D eigenvalue weighted by Crippen LogP contribution is -2.36. The molecule has 53 heavy (non-hydrogen) atoms. The number of hydrogen-bond donors (Lipinski definition) is 2. The maximum atomic E-state index is 14.1. The van der Waals surface area contributed by atoms with Gasteiger partial charge in [-0.3, -0.25) is 9.59 Å². The number of carbonyl (C=O) groups is 2. The summed E-state index contributed by atoms with van der Waals surface area (Å²) in [7, 11) is -1.98. The lowest BCUT2D eigenvalue weighted by Gasteiger charge is -2.30. The van der Waals surface area contributed by atoms with Crippen molar-refractivity contribution < 1.29 is 18.0 Å². The molecule has 0 heterocycles. The minimum atomic E-state index is -4.08. The Morgan fingerprint density at radius 3 is 1.79 bits per heavy atom. The van der Waals surface area contributed by atoms with E-state index in [4.69, 9.17) is 0 Å². The Morgan fingerprint density at radius 2 is 1.25 bits per heavy atom. The van der Waals surface area contributed by atoms with Gasteiger partial charge in [0.15, 0.2) is 0 Å². The molecule has 1 unspecified atom stereocenters. The van der Waals surface area contributed by atoms with Gasteiger partial charge in [0.05, 0.1) is 28.7 Å². The highest BCUT2D eigenvalue weighted by atomic mass is 32.2. The molecular weight excluding hydrogens is 681 g/mol. The van der Waals surface area contributed by atoms with Crippen LogP contribution in [-0.2, 0) is 14.8 Å². The number of carbonyl (C=O) groups excluding carboxylic acids is 2. The maximum absolute atomic E-state index is 14.1. The monoisotopic (exact) mass is 724 g/mol. The second-order valence-corrected chi connectivity index (χ2v) is 14.7. The first-order valence-corrected chi connectivity index (χ1v) is 19.3. The second-order valence-electron chi connectivity index (χ2n) is 13.1. The van der Waals surface area contributed by atoms with E-state index in [1.54, 1.807) is 18.2 Å². The first kappa shape index (κ1) is 36.8. The molecule has 1 aliphatic rings. The van der Waals surface area contributed by atoms with E-state index in [2.05, 4.69) is 75.5 Å². The van der Waals surface area contributed by atoms with Crippen molar-refractivity contribution >= 4 is 45.4 Å². The van der Waals surface area contributed by atoms with Crippen LogP contribution in [0.3, 0.4) is 0 Å². The van der Waals surface area contributed by atoms with Crippen LogP contribution in [-0.4, -0.2) is 46.4 Å². The standard InChI is InChI=1S/C44H44N4O4S/c1-47(38-27-28-38)41-29-26-37(32-42(41)48(30-14-20-34-16-6-2-7-17-34)31-15-21-35-18-8-3-9-19-35)44(50)45-40(36-22-10-4-11-23-36)33-43(49)46-53(51,52)39-24-12-5-13-25-39/h2-26,29,32,38,40H,27-28,30-31,33H2,1H3,(H,45,50)(H,46,49). The number of rotatable bonds is 16. The molecule has 1 saturated carbocycles. The summed E-state index contributed by atoms with van der Waals surface area (Å²) in [6.07, 6.45) is 10.4. The third-order valence-electron chi connectivity index (χ3n) is 9.12. The highest BCUT2D eigenvalue weighted by Crippen LogP contribution is 2.37. The van der Waals surface area contributed by atoms with Crippen molar-refractivity contribution in [2.75, 3.05) is 29.9 Å². The van der Waals surface area contributed by atoms with Crippen LogP contribution in [0.25, 0.3) is 12.2 Å². The average molecular weight is 725 g/mol. The normalized spacial score (nSPS) is 13.5. The molecular formula is C44H44N4O4S. The van der Waals surface area contributed by atoms with Crippen molar-refractivity contribution in [3.05, 3.63) is 174 Å². The van der Waals surface area contributed by atoms with Crippen LogP contribution in [0.15, 0.2) is 157 Å². The first-order chi connectivity index (χ1) is 25.8. The second kappa shape index (κ2) is 17.5. The van der Waals surface area contributed by atoms with Crippen LogP contribution in [0, 0.1) is 0 Å². The van der Waals surface area contributed by atoms with Gasteiger partial charge in [-0.2, -0.15) is 0 Å². The van der Waals surface area contributed by atoms with Crippen molar-refractivity contribution in [2.24, 2.45) is 0 Å². The molecule has 0 aromatic heterocycles. The van der Waals surface area contributed by atoms with Crippen LogP contribution in [0.2, 0.25) is 0 Å². The van der Waals surface area contributed by atoms with Crippen molar-refractivity contribution in [3.63, 3.8) is 0 Å². The summed E-state index contributed by atoms with van der Waals surface area (Å²) < 4.78 is 28.0. The summed E-state index contributed by atoms with van der Waals surface area (Å²) in [6.45, 7) is 1.18. The molecule has 1 fully saturated rings. The zero-order valence-electron chi connectivity index (χ0n) is 29.7. The molecule has 1 aliphatic carbocycles. The van der Waals surface area contributed by atoms with Gasteiger partial charge in [-0.25, -0.2) is 13.1 Å². The molecule has 8 nitrogen and oxygen atoms in total. The van der Waals surface area contributed by atoms with Crippen LogP contribution in [0.4, 0.5) is 11.4 Å². The van der Waals surface area contributed by atoms with Crippen molar-refractivity contribution in [3.8, 4) is 0 Å². The van der Waals surface area contributed by atoms with Gasteiger partial charge < -0.3 is 15.1 Å². The summed E-state index contributed by atoms with van der Waals surface area (Å²) in [5, 5.41) is 3.03. The van der Waals surface area contributed by atoms with Gasteiger partial charge in [0.25, 0.3) is 15.9 Å². The van der Waals surface area contributed by atoms with Gasteiger partial charge in [-0.15, -0.1) is 0 Å². The minimum absolute atomic E-state index is 0.0146. The Kier molecular flexibility index (Phi) is 12.2. The zero-order chi connectivity index (χ0) is 37.0. The molecule has 1 atom stereocenters. The Labute approximate surface area is 312 Å². The van der Waals surface area contributed by atoms with E-state index in [0.29, 0.717) is 30.3 Å². The molecule has 5 aromatic rings. The van der Waals surface area contributed by atoms with Crippen molar-refractivity contribution in [2.45, 2.75) is 36.2 Å². The number of sulfonamides is 1. The highest BCUT2D eigenvalue weighted by molar-refractivity contribution is 7.90. The molecule has 0 saturated heterocycles. The van der Waals surface area contributed by atoms with E-state index in [9.17, 15) is 18.0 Å². The van der Waals surface area contributed by atoms with Gasteiger partial charge in [0.2, 0.25) is 5.91 Å². The highest BCUT2D eigenvalue weighted by Gasteiger charge is 2.29. The van der Waals surface area contributed by atoms with Crippen LogP contribution >= 0.6 is 0 Å². The topological polar surface area (TPSA) is 98.8 Å². The van der Waals surface area contributed by atoms with Gasteiger partial charge in [-0.1, -0.05) is 133 Å². The number of hydrogen-bond acceptors (Lipinski definition) is 6. The maximum Gasteiger partial charge on any atom is 0.264 e. The number of benzene rings is 5. The first-order valence-electron chi connectivity index (χ1n) is 17.8. The molecule has 0 radical (unpaired) electrons. The number of amides is 2. The fourth-order valence-electron chi connectivity index (χ4n) is 6.12. The van der Waals surface area contributed by atoms with Crippen LogP contribution in [0.5, 0.6) is 0 Å². The van der Waals surface area contributed by atoms with Gasteiger partial charge in [0, 0.05) is 31.7 Å². The fourth-order valence-corrected chi connectivity index (χ4v) is 7.14. The quantitative estimate of drug-likeness (QED) is 0.108. The third-order valence-corrected chi connectivity index (χ3v) is 10.5. The summed E-state index contributed by atoms with van der Waals surface area (Å²) in [6, 6.07) is 42.5. The van der Waals surface area contributed by atoms with Crippen molar-refractivity contribution in [1.82, 2.24) is 10.0 Å². The summed E-state index contributed by atoms with van der Waals surface area (Å²) in [5.74, 6) is -1.11. The van der Waals surface area contributed by atoms with E-state index >= 15 is 0 Å². The fraction of sp³-hybridized carbons (Fsp3) is 0.182. The molecule has 0 spiro atoms. The molecule has 2 amide bonds.